The minimum absolute atomic E-state index is 0. The van der Waals surface area contributed by atoms with Crippen LogP contribution in [0.2, 0.25) is 0 Å². The van der Waals surface area contributed by atoms with Crippen molar-refractivity contribution in [3.8, 4) is 0 Å². The Hall–Kier alpha value is -2.82. The normalized spacial score (nSPS) is 4.17. The first-order chi connectivity index (χ1) is 6.93. The average molecular weight is 451 g/mol. The van der Waals surface area contributed by atoms with E-state index in [1.165, 1.54) is 0 Å². The second-order valence-corrected chi connectivity index (χ2v) is 0.894. The molecule has 0 atom stereocenters. The van der Waals surface area contributed by atoms with Gasteiger partial charge in [0.15, 0.2) is 0 Å². The molecule has 0 heterocycles. The van der Waals surface area contributed by atoms with E-state index in [4.69, 9.17) is 61.3 Å². The van der Waals surface area contributed by atoms with Crippen molar-refractivity contribution in [1.82, 2.24) is 36.9 Å². The molecule has 0 aliphatic carbocycles. The number of hydrogen-bond acceptors (Lipinski definition) is 18. The fourth-order valence-electron chi connectivity index (χ4n) is 0. The summed E-state index contributed by atoms with van der Waals surface area (Å²) in [4.78, 5) is 33.0. The van der Waals surface area contributed by atoms with E-state index < -0.39 is 20.3 Å². The van der Waals surface area contributed by atoms with Crippen LogP contribution in [0.4, 0.5) is 0 Å². The summed E-state index contributed by atoms with van der Waals surface area (Å²) in [6.07, 6.45) is 0. The molecule has 0 spiro atoms. The Kier molecular flexibility index (Phi) is 288. The molecule has 22 nitrogen and oxygen atoms in total. The van der Waals surface area contributed by atoms with Crippen LogP contribution in [0.25, 0.3) is 0 Å². The Balaban J connectivity index is -0.00000000842. The first-order valence-electron chi connectivity index (χ1n) is 2.19. The summed E-state index contributed by atoms with van der Waals surface area (Å²) in [6, 6.07) is 0. The average Bonchev–Trinajstić information content (AvgIpc) is 1.76. The van der Waals surface area contributed by atoms with Gasteiger partial charge in [-0.2, -0.15) is 0 Å². The van der Waals surface area contributed by atoms with Gasteiger partial charge in [0, 0.05) is 0 Å². The van der Waals surface area contributed by atoms with Crippen LogP contribution < -0.4 is 36.9 Å². The number of nitrogens with zero attached hydrogens (tertiary/aromatic N) is 4. The van der Waals surface area contributed by atoms with Crippen molar-refractivity contribution < 1.29 is 39.8 Å². The molecule has 0 radical (unpaired) electrons. The van der Waals surface area contributed by atoms with Crippen LogP contribution in [0.3, 0.4) is 0 Å². The topological polar surface area (TPSA) is 475 Å². The zero-order valence-corrected chi connectivity index (χ0v) is 13.0. The summed E-state index contributed by atoms with van der Waals surface area (Å²) >= 11 is 0. The van der Waals surface area contributed by atoms with E-state index in [2.05, 4.69) is 0 Å². The first kappa shape index (κ1) is 88.1. The van der Waals surface area contributed by atoms with Crippen molar-refractivity contribution in [2.45, 2.75) is 0 Å². The van der Waals surface area contributed by atoms with Gasteiger partial charge >= 0.3 is 19.5 Å². The molecule has 0 amide bonds. The molecule has 18 N–H and O–H groups in total. The predicted octanol–water partition coefficient (Wildman–Crippen LogP) is 0.0131. The summed E-state index contributed by atoms with van der Waals surface area (Å²) in [5.41, 5.74) is 0. The third kappa shape index (κ3) is 714. The van der Waals surface area contributed by atoms with Crippen molar-refractivity contribution in [2.24, 2.45) is 0 Å². The van der Waals surface area contributed by atoms with Gasteiger partial charge in [-0.3, -0.25) is 0 Å². The van der Waals surface area contributed by atoms with Crippen LogP contribution in [0.5, 0.6) is 0 Å². The van der Waals surface area contributed by atoms with Gasteiger partial charge in [-0.1, -0.05) is 0 Å². The molecule has 0 saturated heterocycles. The van der Waals surface area contributed by atoms with Gasteiger partial charge in [0.1, 0.15) is 0 Å². The van der Waals surface area contributed by atoms with Crippen molar-refractivity contribution in [2.75, 3.05) is 0 Å². The van der Waals surface area contributed by atoms with Crippen LogP contribution in [0.15, 0.2) is 0 Å². The Morgan fingerprint density at radius 2 is 0.348 bits per heavy atom. The van der Waals surface area contributed by atoms with E-state index in [0.29, 0.717) is 0 Å². The fraction of sp³-hybridized carbons (Fsp3) is 0. The predicted molar refractivity (Wildman–Crippen MR) is 71.6 cm³/mol. The minimum atomic E-state index is -1.75. The second kappa shape index (κ2) is 75.2. The van der Waals surface area contributed by atoms with Gasteiger partial charge in [0.2, 0.25) is 0 Å². The van der Waals surface area contributed by atoms with Gasteiger partial charge < -0.3 is 98.2 Å². The molecule has 0 rings (SSSR count). The smallest absolute Gasteiger partial charge is 0.356 e. The largest absolute Gasteiger partial charge is 4.00 e. The molecular weight excluding hydrogens is 433 g/mol. The molecule has 0 aromatic heterocycles. The molecular formula is H18N10O12Ru. The Morgan fingerprint density at radius 1 is 0.348 bits per heavy atom. The van der Waals surface area contributed by atoms with Crippen LogP contribution in [0.1, 0.15) is 0 Å². The zero-order valence-electron chi connectivity index (χ0n) is 11.3. The van der Waals surface area contributed by atoms with Gasteiger partial charge in [0.05, 0.1) is 20.3 Å². The van der Waals surface area contributed by atoms with E-state index in [1.807, 2.05) is 0 Å². The molecule has 23 heavy (non-hydrogen) atoms. The molecule has 0 fully saturated rings. The maximum absolute atomic E-state index is 8.25. The van der Waals surface area contributed by atoms with Gasteiger partial charge in [-0.05, 0) is 0 Å². The van der Waals surface area contributed by atoms with Crippen molar-refractivity contribution in [3.05, 3.63) is 61.3 Å². The summed E-state index contributed by atoms with van der Waals surface area (Å²) in [7, 11) is 0. The van der Waals surface area contributed by atoms with Crippen molar-refractivity contribution >= 4 is 0 Å². The van der Waals surface area contributed by atoms with E-state index in [9.17, 15) is 0 Å². The molecule has 0 aliphatic heterocycles. The van der Waals surface area contributed by atoms with Crippen molar-refractivity contribution in [1.29, 1.82) is 0 Å². The molecule has 0 aromatic carbocycles. The van der Waals surface area contributed by atoms with Crippen LogP contribution in [-0.2, 0) is 19.5 Å². The molecule has 0 aromatic rings. The molecule has 0 saturated carbocycles. The standard InChI is InChI=1S/4NO3.6H3N.Ru/c4*2-1(3)4;;;;;;;/h;;;;6*1H3;/q4*-1;;;;;;;+4. The fourth-order valence-corrected chi connectivity index (χ4v) is 0. The molecule has 0 aliphatic rings. The quantitative estimate of drug-likeness (QED) is 0.160. The van der Waals surface area contributed by atoms with E-state index in [1.54, 1.807) is 0 Å². The third-order valence-corrected chi connectivity index (χ3v) is 0. The maximum Gasteiger partial charge on any atom is 4.00 e. The Morgan fingerprint density at radius 3 is 0.348 bits per heavy atom. The van der Waals surface area contributed by atoms with Gasteiger partial charge in [-0.25, -0.2) is 0 Å². The molecule has 148 valence electrons. The second-order valence-electron chi connectivity index (χ2n) is 0.894. The summed E-state index contributed by atoms with van der Waals surface area (Å²) in [5, 5.41) is 59.0. The van der Waals surface area contributed by atoms with E-state index in [0.717, 1.165) is 0 Å². The molecule has 23 heteroatoms. The third-order valence-electron chi connectivity index (χ3n) is 0. The number of hydrogen-bond donors (Lipinski definition) is 6. The number of rotatable bonds is 0. The summed E-state index contributed by atoms with van der Waals surface area (Å²) in [5.74, 6) is 0. The minimum Gasteiger partial charge on any atom is -0.356 e. The van der Waals surface area contributed by atoms with Crippen LogP contribution in [-0.4, -0.2) is 20.3 Å². The van der Waals surface area contributed by atoms with Crippen LogP contribution in [0, 0.1) is 61.3 Å². The summed E-state index contributed by atoms with van der Waals surface area (Å²) < 4.78 is 0. The monoisotopic (exact) mass is 452 g/mol. The van der Waals surface area contributed by atoms with Crippen molar-refractivity contribution in [3.63, 3.8) is 0 Å². The van der Waals surface area contributed by atoms with Gasteiger partial charge in [0.25, 0.3) is 0 Å². The van der Waals surface area contributed by atoms with E-state index in [-0.39, 0.29) is 56.4 Å². The summed E-state index contributed by atoms with van der Waals surface area (Å²) in [6.45, 7) is 0. The SMILES string of the molecule is N.N.N.N.N.N.O=[N+]([O-])[O-].O=[N+]([O-])[O-].O=[N+]([O-])[O-].O=[N+]([O-])[O-].[Ru+4]. The Labute approximate surface area is 139 Å². The molecule has 0 unspecified atom stereocenters. The zero-order chi connectivity index (χ0) is 14.3. The van der Waals surface area contributed by atoms with Gasteiger partial charge in [-0.15, -0.1) is 0 Å². The van der Waals surface area contributed by atoms with E-state index >= 15 is 0 Å². The molecule has 0 bridgehead atoms. The Bertz CT molecular complexity index is 168. The maximum atomic E-state index is 8.25. The first-order valence-corrected chi connectivity index (χ1v) is 2.19. The van der Waals surface area contributed by atoms with Crippen LogP contribution >= 0.6 is 0 Å².